The number of fused-ring (bicyclic) bond motifs is 1. The van der Waals surface area contributed by atoms with Gasteiger partial charge in [-0.05, 0) is 30.2 Å². The number of carbonyl (C=O) groups is 1. The van der Waals surface area contributed by atoms with Gasteiger partial charge in [0, 0.05) is 24.9 Å². The highest BCUT2D eigenvalue weighted by atomic mass is 19.1. The summed E-state index contributed by atoms with van der Waals surface area (Å²) in [6, 6.07) is 18.1. The summed E-state index contributed by atoms with van der Waals surface area (Å²) in [7, 11) is 0. The molecule has 6 nitrogen and oxygen atoms in total. The molecule has 5 aromatic rings. The molecule has 0 unspecified atom stereocenters. The first-order valence-electron chi connectivity index (χ1n) is 10.3. The predicted molar refractivity (Wildman–Crippen MR) is 120 cm³/mol. The Morgan fingerprint density at radius 1 is 1.03 bits per heavy atom. The summed E-state index contributed by atoms with van der Waals surface area (Å²) in [6.07, 6.45) is 4.97. The number of rotatable bonds is 6. The van der Waals surface area contributed by atoms with Crippen LogP contribution in [0.5, 0.6) is 0 Å². The second-order valence-corrected chi connectivity index (χ2v) is 7.78. The van der Waals surface area contributed by atoms with Gasteiger partial charge in [0.1, 0.15) is 11.5 Å². The minimum Gasteiger partial charge on any atom is -0.463 e. The van der Waals surface area contributed by atoms with E-state index in [9.17, 15) is 9.18 Å². The van der Waals surface area contributed by atoms with Crippen molar-refractivity contribution in [3.05, 3.63) is 108 Å². The zero-order valence-corrected chi connectivity index (χ0v) is 17.5. The second kappa shape index (κ2) is 8.19. The summed E-state index contributed by atoms with van der Waals surface area (Å²) in [6.45, 7) is 3.08. The summed E-state index contributed by atoms with van der Waals surface area (Å²) in [5.41, 5.74) is 5.81. The number of hydrogen-bond acceptors (Lipinski definition) is 3. The molecule has 0 saturated carbocycles. The molecule has 0 atom stereocenters. The van der Waals surface area contributed by atoms with Crippen molar-refractivity contribution >= 4 is 22.7 Å². The molecule has 0 aliphatic rings. The lowest BCUT2D eigenvalue weighted by Gasteiger charge is -2.10. The van der Waals surface area contributed by atoms with E-state index in [1.54, 1.807) is 41.5 Å². The summed E-state index contributed by atoms with van der Waals surface area (Å²) in [5, 5.41) is 7.21. The third-order valence-electron chi connectivity index (χ3n) is 5.37. The summed E-state index contributed by atoms with van der Waals surface area (Å²) < 4.78 is 22.3. The maximum atomic E-state index is 13.1. The van der Waals surface area contributed by atoms with Crippen LogP contribution >= 0.6 is 0 Å². The van der Waals surface area contributed by atoms with Crippen LogP contribution in [0, 0.1) is 12.7 Å². The average molecular weight is 428 g/mol. The number of aromatic nitrogens is 3. The maximum Gasteiger partial charge on any atom is 0.272 e. The molecule has 0 aliphatic heterocycles. The van der Waals surface area contributed by atoms with E-state index >= 15 is 0 Å². The summed E-state index contributed by atoms with van der Waals surface area (Å²) >= 11 is 0. The Bertz CT molecular complexity index is 1380. The topological polar surface area (TPSA) is 65.0 Å². The van der Waals surface area contributed by atoms with Gasteiger partial charge in [0.05, 0.1) is 30.2 Å². The van der Waals surface area contributed by atoms with E-state index in [2.05, 4.69) is 34.7 Å². The SMILES string of the molecule is Cc1ccc(Cn2c(C(=O)Nc3cnn(Cc4ccc(F)cc4)c3)cc3occc32)cc1. The molecule has 3 aromatic heterocycles. The lowest BCUT2D eigenvalue weighted by molar-refractivity contribution is 0.101. The molecule has 0 fully saturated rings. The van der Waals surface area contributed by atoms with Crippen LogP contribution in [0.3, 0.4) is 0 Å². The van der Waals surface area contributed by atoms with E-state index in [-0.39, 0.29) is 11.7 Å². The maximum absolute atomic E-state index is 13.1. The van der Waals surface area contributed by atoms with Crippen molar-refractivity contribution in [3.8, 4) is 0 Å². The predicted octanol–water partition coefficient (Wildman–Crippen LogP) is 5.23. The smallest absolute Gasteiger partial charge is 0.272 e. The van der Waals surface area contributed by atoms with Crippen molar-refractivity contribution in [2.75, 3.05) is 5.32 Å². The third-order valence-corrected chi connectivity index (χ3v) is 5.37. The number of amides is 1. The molecule has 0 aliphatic carbocycles. The molecule has 7 heteroatoms. The van der Waals surface area contributed by atoms with Crippen molar-refractivity contribution in [1.29, 1.82) is 0 Å². The molecule has 0 spiro atoms. The van der Waals surface area contributed by atoms with E-state index in [0.717, 1.165) is 16.6 Å². The van der Waals surface area contributed by atoms with Gasteiger partial charge >= 0.3 is 0 Å². The van der Waals surface area contributed by atoms with Gasteiger partial charge in [-0.15, -0.1) is 0 Å². The Labute approximate surface area is 183 Å². The van der Waals surface area contributed by atoms with Crippen molar-refractivity contribution in [2.24, 2.45) is 0 Å². The van der Waals surface area contributed by atoms with E-state index in [0.29, 0.717) is 30.1 Å². The molecule has 0 bridgehead atoms. The number of nitrogens with one attached hydrogen (secondary N) is 1. The molecule has 5 rings (SSSR count). The number of furan rings is 1. The first kappa shape index (κ1) is 19.8. The molecule has 0 radical (unpaired) electrons. The molecule has 32 heavy (non-hydrogen) atoms. The Kier molecular flexibility index (Phi) is 5.07. The van der Waals surface area contributed by atoms with Crippen molar-refractivity contribution in [2.45, 2.75) is 20.0 Å². The van der Waals surface area contributed by atoms with Crippen LogP contribution < -0.4 is 5.32 Å². The first-order valence-corrected chi connectivity index (χ1v) is 10.3. The van der Waals surface area contributed by atoms with Crippen LogP contribution in [0.1, 0.15) is 27.2 Å². The van der Waals surface area contributed by atoms with Crippen LogP contribution in [0.4, 0.5) is 10.1 Å². The number of anilines is 1. The Hall–Kier alpha value is -4.13. The van der Waals surface area contributed by atoms with E-state index in [1.165, 1.54) is 17.7 Å². The molecule has 1 N–H and O–H groups in total. The number of carbonyl (C=O) groups excluding carboxylic acids is 1. The van der Waals surface area contributed by atoms with Crippen LogP contribution in [-0.4, -0.2) is 20.3 Å². The zero-order valence-electron chi connectivity index (χ0n) is 17.5. The Balaban J connectivity index is 1.36. The number of hydrogen-bond donors (Lipinski definition) is 1. The highest BCUT2D eigenvalue weighted by Gasteiger charge is 2.18. The van der Waals surface area contributed by atoms with E-state index < -0.39 is 0 Å². The zero-order chi connectivity index (χ0) is 22.1. The number of benzene rings is 2. The van der Waals surface area contributed by atoms with Crippen LogP contribution in [0.2, 0.25) is 0 Å². The van der Waals surface area contributed by atoms with Gasteiger partial charge in [0.25, 0.3) is 5.91 Å². The fraction of sp³-hybridized carbons (Fsp3) is 0.120. The normalized spacial score (nSPS) is 11.2. The van der Waals surface area contributed by atoms with E-state index in [1.807, 2.05) is 17.6 Å². The average Bonchev–Trinajstić information content (AvgIpc) is 3.49. The van der Waals surface area contributed by atoms with Crippen molar-refractivity contribution < 1.29 is 13.6 Å². The Morgan fingerprint density at radius 2 is 1.75 bits per heavy atom. The molecule has 3 heterocycles. The largest absolute Gasteiger partial charge is 0.463 e. The summed E-state index contributed by atoms with van der Waals surface area (Å²) in [4.78, 5) is 13.1. The van der Waals surface area contributed by atoms with Crippen molar-refractivity contribution in [3.63, 3.8) is 0 Å². The first-order chi connectivity index (χ1) is 15.5. The van der Waals surface area contributed by atoms with Crippen molar-refractivity contribution in [1.82, 2.24) is 14.3 Å². The minimum atomic E-state index is -0.276. The fourth-order valence-corrected chi connectivity index (χ4v) is 3.70. The third kappa shape index (κ3) is 4.05. The van der Waals surface area contributed by atoms with Gasteiger partial charge in [-0.1, -0.05) is 42.0 Å². The number of halogens is 1. The minimum absolute atomic E-state index is 0.246. The number of nitrogens with zero attached hydrogens (tertiary/aromatic N) is 3. The van der Waals surface area contributed by atoms with Gasteiger partial charge < -0.3 is 14.3 Å². The van der Waals surface area contributed by atoms with E-state index in [4.69, 9.17) is 4.42 Å². The van der Waals surface area contributed by atoms with Gasteiger partial charge in [-0.3, -0.25) is 9.48 Å². The quantitative estimate of drug-likeness (QED) is 0.403. The Morgan fingerprint density at radius 3 is 2.53 bits per heavy atom. The highest BCUT2D eigenvalue weighted by molar-refractivity contribution is 6.05. The monoisotopic (exact) mass is 428 g/mol. The van der Waals surface area contributed by atoms with Crippen LogP contribution in [-0.2, 0) is 13.1 Å². The number of aryl methyl sites for hydroxylation is 1. The lowest BCUT2D eigenvalue weighted by Crippen LogP contribution is -2.17. The van der Waals surface area contributed by atoms with Gasteiger partial charge in [0.15, 0.2) is 5.58 Å². The second-order valence-electron chi connectivity index (χ2n) is 7.78. The van der Waals surface area contributed by atoms with Crippen LogP contribution in [0.15, 0.2) is 83.7 Å². The van der Waals surface area contributed by atoms with Gasteiger partial charge in [0.2, 0.25) is 0 Å². The molecule has 0 saturated heterocycles. The van der Waals surface area contributed by atoms with Gasteiger partial charge in [-0.25, -0.2) is 4.39 Å². The molecular weight excluding hydrogens is 407 g/mol. The molecule has 1 amide bonds. The standard InChI is InChI=1S/C25H21FN4O2/c1-17-2-4-19(5-3-17)15-30-22-10-11-32-24(22)12-23(30)25(31)28-21-13-27-29(16-21)14-18-6-8-20(26)9-7-18/h2-13,16H,14-15H2,1H3,(H,28,31). The molecule has 160 valence electrons. The molecular formula is C25H21FN4O2. The highest BCUT2D eigenvalue weighted by Crippen LogP contribution is 2.23. The molecule has 2 aromatic carbocycles. The fourth-order valence-electron chi connectivity index (χ4n) is 3.70. The van der Waals surface area contributed by atoms with Gasteiger partial charge in [-0.2, -0.15) is 5.10 Å². The lowest BCUT2D eigenvalue weighted by atomic mass is 10.1. The van der Waals surface area contributed by atoms with Crippen LogP contribution in [0.25, 0.3) is 11.1 Å². The summed E-state index contributed by atoms with van der Waals surface area (Å²) in [5.74, 6) is -0.522.